The molecule has 98 valence electrons. The van der Waals surface area contributed by atoms with Gasteiger partial charge in [0.05, 0.1) is 0 Å². The minimum atomic E-state index is -4.89. The van der Waals surface area contributed by atoms with Gasteiger partial charge in [-0.3, -0.25) is 0 Å². The first-order valence-electron chi connectivity index (χ1n) is 5.87. The summed E-state index contributed by atoms with van der Waals surface area (Å²) >= 11 is 0. The van der Waals surface area contributed by atoms with E-state index in [4.69, 9.17) is 0 Å². The summed E-state index contributed by atoms with van der Waals surface area (Å²) in [5, 5.41) is 3.18. The highest BCUT2D eigenvalue weighted by Gasteiger charge is 2.57. The van der Waals surface area contributed by atoms with Gasteiger partial charge in [0, 0.05) is 6.04 Å². The zero-order chi connectivity index (χ0) is 12.7. The number of rotatable bonds is 2. The molecule has 1 aliphatic heterocycles. The van der Waals surface area contributed by atoms with Crippen LogP contribution in [0.25, 0.3) is 0 Å². The summed E-state index contributed by atoms with van der Waals surface area (Å²) in [4.78, 5) is 10.9. The summed E-state index contributed by atoms with van der Waals surface area (Å²) in [5.74, 6) is -1.53. The van der Waals surface area contributed by atoms with Crippen LogP contribution in [0.15, 0.2) is 0 Å². The molecule has 0 aromatic carbocycles. The van der Waals surface area contributed by atoms with Gasteiger partial charge in [0.1, 0.15) is 5.60 Å². The molecule has 1 saturated heterocycles. The van der Waals surface area contributed by atoms with Gasteiger partial charge in [-0.1, -0.05) is 6.92 Å². The van der Waals surface area contributed by atoms with E-state index in [1.54, 1.807) is 0 Å². The second-order valence-electron chi connectivity index (χ2n) is 5.10. The Hall–Kier alpha value is -0.780. The molecule has 2 fully saturated rings. The van der Waals surface area contributed by atoms with Crippen LogP contribution in [0.5, 0.6) is 0 Å². The molecule has 1 aliphatic carbocycles. The Morgan fingerprint density at radius 1 is 1.35 bits per heavy atom. The lowest BCUT2D eigenvalue weighted by molar-refractivity contribution is -0.208. The Bertz CT molecular complexity index is 304. The number of halogens is 3. The minimum absolute atomic E-state index is 0.120. The Labute approximate surface area is 97.7 Å². The summed E-state index contributed by atoms with van der Waals surface area (Å²) < 4.78 is 41.1. The Balaban J connectivity index is 1.94. The van der Waals surface area contributed by atoms with Crippen molar-refractivity contribution in [2.75, 3.05) is 6.54 Å². The van der Waals surface area contributed by atoms with Gasteiger partial charge >= 0.3 is 12.1 Å². The van der Waals surface area contributed by atoms with Crippen LogP contribution in [0.3, 0.4) is 0 Å². The van der Waals surface area contributed by atoms with Gasteiger partial charge in [0.25, 0.3) is 0 Å². The first-order valence-corrected chi connectivity index (χ1v) is 5.87. The number of piperidine rings is 1. The van der Waals surface area contributed by atoms with Crippen molar-refractivity contribution in [1.29, 1.82) is 0 Å². The van der Waals surface area contributed by atoms with Crippen LogP contribution in [0.1, 0.15) is 32.6 Å². The lowest BCUT2D eigenvalue weighted by Crippen LogP contribution is -2.50. The van der Waals surface area contributed by atoms with Gasteiger partial charge < -0.3 is 10.1 Å². The van der Waals surface area contributed by atoms with Crippen molar-refractivity contribution in [1.82, 2.24) is 5.32 Å². The molecule has 2 unspecified atom stereocenters. The predicted octanol–water partition coefficient (Wildman–Crippen LogP) is 2.01. The van der Waals surface area contributed by atoms with Crippen molar-refractivity contribution >= 4 is 5.97 Å². The third-order valence-corrected chi connectivity index (χ3v) is 3.57. The topological polar surface area (TPSA) is 38.3 Å². The molecular formula is C11H16F3NO2. The van der Waals surface area contributed by atoms with E-state index in [1.807, 2.05) is 0 Å². The highest BCUT2D eigenvalue weighted by Crippen LogP contribution is 2.46. The van der Waals surface area contributed by atoms with E-state index in [0.29, 0.717) is 18.8 Å². The SMILES string of the molecule is CC1CCC(C2(OC(=O)C(F)(F)F)CC2)NC1. The van der Waals surface area contributed by atoms with E-state index in [9.17, 15) is 18.0 Å². The largest absolute Gasteiger partial charge is 0.490 e. The molecule has 1 heterocycles. The highest BCUT2D eigenvalue weighted by molar-refractivity contribution is 5.76. The molecule has 0 amide bonds. The summed E-state index contributed by atoms with van der Waals surface area (Å²) in [6.45, 7) is 2.86. The first kappa shape index (κ1) is 12.7. The summed E-state index contributed by atoms with van der Waals surface area (Å²) in [6, 6.07) is -0.120. The molecule has 1 N–H and O–H groups in total. The van der Waals surface area contributed by atoms with Crippen LogP contribution in [-0.4, -0.2) is 30.3 Å². The van der Waals surface area contributed by atoms with Gasteiger partial charge in [0.15, 0.2) is 0 Å². The van der Waals surface area contributed by atoms with E-state index in [0.717, 1.165) is 19.4 Å². The van der Waals surface area contributed by atoms with E-state index in [-0.39, 0.29) is 6.04 Å². The molecule has 6 heteroatoms. The Morgan fingerprint density at radius 2 is 2.00 bits per heavy atom. The van der Waals surface area contributed by atoms with Gasteiger partial charge in [0.2, 0.25) is 0 Å². The molecule has 0 aromatic rings. The fraction of sp³-hybridized carbons (Fsp3) is 0.909. The number of alkyl halides is 3. The van der Waals surface area contributed by atoms with Gasteiger partial charge in [-0.05, 0) is 38.1 Å². The van der Waals surface area contributed by atoms with Gasteiger partial charge in [-0.25, -0.2) is 4.79 Å². The summed E-state index contributed by atoms with van der Waals surface area (Å²) in [5.41, 5.74) is -0.896. The molecule has 1 saturated carbocycles. The average molecular weight is 251 g/mol. The lowest BCUT2D eigenvalue weighted by Gasteiger charge is -2.33. The number of carbonyl (C=O) groups excluding carboxylic acids is 1. The van der Waals surface area contributed by atoms with Crippen molar-refractivity contribution in [2.45, 2.75) is 50.4 Å². The Morgan fingerprint density at radius 3 is 2.41 bits per heavy atom. The van der Waals surface area contributed by atoms with Crippen LogP contribution in [0.4, 0.5) is 13.2 Å². The second-order valence-corrected chi connectivity index (χ2v) is 5.10. The van der Waals surface area contributed by atoms with Crippen molar-refractivity contribution in [3.05, 3.63) is 0 Å². The maximum Gasteiger partial charge on any atom is 0.490 e. The van der Waals surface area contributed by atoms with Crippen LogP contribution in [0, 0.1) is 5.92 Å². The molecule has 3 nitrogen and oxygen atoms in total. The Kier molecular flexibility index (Phi) is 3.10. The molecular weight excluding hydrogens is 235 g/mol. The van der Waals surface area contributed by atoms with Crippen LogP contribution in [0.2, 0.25) is 0 Å². The van der Waals surface area contributed by atoms with Crippen molar-refractivity contribution in [2.24, 2.45) is 5.92 Å². The number of hydrogen-bond acceptors (Lipinski definition) is 3. The normalized spacial score (nSPS) is 32.0. The fourth-order valence-electron chi connectivity index (χ4n) is 2.34. The standard InChI is InChI=1S/C11H16F3NO2/c1-7-2-3-8(15-6-7)10(4-5-10)17-9(16)11(12,13)14/h7-8,15H,2-6H2,1H3. The molecule has 0 spiro atoms. The average Bonchev–Trinajstić information content (AvgIpc) is 2.98. The van der Waals surface area contributed by atoms with Crippen LogP contribution >= 0.6 is 0 Å². The van der Waals surface area contributed by atoms with Crippen molar-refractivity contribution < 1.29 is 22.7 Å². The van der Waals surface area contributed by atoms with E-state index < -0.39 is 17.7 Å². The van der Waals surface area contributed by atoms with Crippen LogP contribution < -0.4 is 5.32 Å². The minimum Gasteiger partial charge on any atom is -0.451 e. The number of esters is 1. The van der Waals surface area contributed by atoms with Crippen molar-refractivity contribution in [3.63, 3.8) is 0 Å². The maximum absolute atomic E-state index is 12.1. The predicted molar refractivity (Wildman–Crippen MR) is 54.3 cm³/mol. The lowest BCUT2D eigenvalue weighted by atomic mass is 9.92. The molecule has 0 bridgehead atoms. The molecule has 17 heavy (non-hydrogen) atoms. The molecule has 0 aromatic heterocycles. The second kappa shape index (κ2) is 4.15. The van der Waals surface area contributed by atoms with Gasteiger partial charge in [-0.2, -0.15) is 13.2 Å². The zero-order valence-electron chi connectivity index (χ0n) is 9.64. The smallest absolute Gasteiger partial charge is 0.451 e. The molecule has 2 aliphatic rings. The monoisotopic (exact) mass is 251 g/mol. The van der Waals surface area contributed by atoms with Gasteiger partial charge in [-0.15, -0.1) is 0 Å². The zero-order valence-corrected chi connectivity index (χ0v) is 9.64. The third-order valence-electron chi connectivity index (χ3n) is 3.57. The molecule has 2 rings (SSSR count). The van der Waals surface area contributed by atoms with E-state index >= 15 is 0 Å². The summed E-state index contributed by atoms with van der Waals surface area (Å²) in [6.07, 6.45) is -2.10. The fourth-order valence-corrected chi connectivity index (χ4v) is 2.34. The number of hydrogen-bond donors (Lipinski definition) is 1. The third kappa shape index (κ3) is 2.73. The molecule has 2 atom stereocenters. The van der Waals surface area contributed by atoms with Crippen molar-refractivity contribution in [3.8, 4) is 0 Å². The molecule has 0 radical (unpaired) electrons. The highest BCUT2D eigenvalue weighted by atomic mass is 19.4. The quantitative estimate of drug-likeness (QED) is 0.763. The first-order chi connectivity index (χ1) is 7.83. The van der Waals surface area contributed by atoms with Crippen LogP contribution in [-0.2, 0) is 9.53 Å². The van der Waals surface area contributed by atoms with E-state index in [2.05, 4.69) is 17.0 Å². The maximum atomic E-state index is 12.1. The van der Waals surface area contributed by atoms with E-state index in [1.165, 1.54) is 0 Å². The number of nitrogens with one attached hydrogen (secondary N) is 1. The number of carbonyl (C=O) groups is 1. The number of ether oxygens (including phenoxy) is 1. The summed E-state index contributed by atoms with van der Waals surface area (Å²) in [7, 11) is 0.